The van der Waals surface area contributed by atoms with Crippen LogP contribution in [0.5, 0.6) is 6.01 Å². The average molecular weight is 338 g/mol. The van der Waals surface area contributed by atoms with Crippen LogP contribution in [0.4, 0.5) is 0 Å². The van der Waals surface area contributed by atoms with Crippen molar-refractivity contribution in [1.82, 2.24) is 9.97 Å². The van der Waals surface area contributed by atoms with Gasteiger partial charge < -0.3 is 9.15 Å². The predicted molar refractivity (Wildman–Crippen MR) is 94.9 cm³/mol. The Morgan fingerprint density at radius 1 is 1.32 bits per heavy atom. The maximum atomic E-state index is 12.4. The van der Waals surface area contributed by atoms with Crippen LogP contribution in [0.25, 0.3) is 11.1 Å². The van der Waals surface area contributed by atoms with Crippen LogP contribution >= 0.6 is 0 Å². The molecule has 3 aromatic rings. The van der Waals surface area contributed by atoms with E-state index >= 15 is 0 Å². The summed E-state index contributed by atoms with van der Waals surface area (Å²) in [7, 11) is 0. The van der Waals surface area contributed by atoms with Crippen LogP contribution in [0, 0.1) is 0 Å². The lowest BCUT2D eigenvalue weighted by atomic mass is 10.1. The van der Waals surface area contributed by atoms with Gasteiger partial charge in [-0.25, -0.2) is 4.79 Å². The van der Waals surface area contributed by atoms with Crippen molar-refractivity contribution in [3.05, 3.63) is 81.0 Å². The van der Waals surface area contributed by atoms with Crippen LogP contribution in [-0.2, 0) is 6.42 Å². The summed E-state index contributed by atoms with van der Waals surface area (Å²) in [4.78, 5) is 30.9. The number of nitrogens with one attached hydrogen (secondary N) is 1. The molecule has 128 valence electrons. The first kappa shape index (κ1) is 16.7. The van der Waals surface area contributed by atoms with Crippen molar-refractivity contribution in [2.45, 2.75) is 25.9 Å². The molecule has 0 aliphatic carbocycles. The molecule has 0 bridgehead atoms. The number of aromatic amines is 1. The number of H-pyrrole nitrogens is 1. The zero-order valence-electron chi connectivity index (χ0n) is 13.8. The standard InChI is InChI=1S/C19H18N2O4/c1-3-8-14(13-9-6-5-7-10-13)24-19-20-17(23)16-12(4-2)11-15(22)25-18(16)21-19/h3,5-7,9-11,14H,1,4,8H2,2H3,(H,20,21,23)/t14-/m1/s1. The van der Waals surface area contributed by atoms with Crippen molar-refractivity contribution < 1.29 is 9.15 Å². The molecule has 1 atom stereocenters. The molecule has 0 aliphatic rings. The van der Waals surface area contributed by atoms with Gasteiger partial charge in [0.05, 0.1) is 0 Å². The molecule has 0 fully saturated rings. The Morgan fingerprint density at radius 3 is 2.76 bits per heavy atom. The third kappa shape index (κ3) is 3.52. The number of hydrogen-bond acceptors (Lipinski definition) is 5. The fourth-order valence-corrected chi connectivity index (χ4v) is 2.67. The highest BCUT2D eigenvalue weighted by Gasteiger charge is 2.16. The number of fused-ring (bicyclic) bond motifs is 1. The molecule has 2 aromatic heterocycles. The maximum absolute atomic E-state index is 12.4. The first-order valence-corrected chi connectivity index (χ1v) is 8.02. The van der Waals surface area contributed by atoms with Gasteiger partial charge in [-0.1, -0.05) is 43.3 Å². The van der Waals surface area contributed by atoms with Crippen LogP contribution in [0.15, 0.2) is 63.1 Å². The lowest BCUT2D eigenvalue weighted by Crippen LogP contribution is -2.17. The van der Waals surface area contributed by atoms with Crippen molar-refractivity contribution in [2.24, 2.45) is 0 Å². The van der Waals surface area contributed by atoms with E-state index in [4.69, 9.17) is 9.15 Å². The average Bonchev–Trinajstić information content (AvgIpc) is 2.61. The fraction of sp³-hybridized carbons (Fsp3) is 0.211. The SMILES string of the molecule is C=CC[C@@H](Oc1nc2oc(=O)cc(CC)c2c(=O)[nH]1)c1ccccc1. The molecule has 6 heteroatoms. The molecule has 1 N–H and O–H groups in total. The molecule has 6 nitrogen and oxygen atoms in total. The minimum absolute atomic E-state index is 0.00426. The Labute approximate surface area is 143 Å². The molecule has 0 spiro atoms. The Kier molecular flexibility index (Phi) is 4.79. The van der Waals surface area contributed by atoms with E-state index < -0.39 is 11.2 Å². The molecule has 2 heterocycles. The van der Waals surface area contributed by atoms with E-state index in [1.807, 2.05) is 37.3 Å². The van der Waals surface area contributed by atoms with E-state index in [-0.39, 0.29) is 23.2 Å². The number of aryl methyl sites for hydroxylation is 1. The van der Waals surface area contributed by atoms with E-state index in [1.54, 1.807) is 6.08 Å². The third-order valence-electron chi connectivity index (χ3n) is 3.86. The van der Waals surface area contributed by atoms with Gasteiger partial charge in [-0.2, -0.15) is 4.98 Å². The van der Waals surface area contributed by atoms with Gasteiger partial charge in [0.15, 0.2) is 0 Å². The van der Waals surface area contributed by atoms with Gasteiger partial charge in [-0.05, 0) is 17.5 Å². The number of ether oxygens (including phenoxy) is 1. The summed E-state index contributed by atoms with van der Waals surface area (Å²) in [5, 5.41) is 0.273. The van der Waals surface area contributed by atoms with Crippen LogP contribution in [-0.4, -0.2) is 9.97 Å². The highest BCUT2D eigenvalue weighted by Crippen LogP contribution is 2.23. The van der Waals surface area contributed by atoms with E-state index in [2.05, 4.69) is 16.5 Å². The first-order chi connectivity index (χ1) is 12.1. The van der Waals surface area contributed by atoms with Crippen molar-refractivity contribution >= 4 is 11.1 Å². The van der Waals surface area contributed by atoms with Gasteiger partial charge in [0.25, 0.3) is 11.6 Å². The molecule has 1 aromatic carbocycles. The van der Waals surface area contributed by atoms with E-state index in [0.29, 0.717) is 18.4 Å². The second kappa shape index (κ2) is 7.17. The third-order valence-corrected chi connectivity index (χ3v) is 3.86. The van der Waals surface area contributed by atoms with E-state index in [9.17, 15) is 9.59 Å². The molecule has 3 rings (SSSR count). The van der Waals surface area contributed by atoms with Gasteiger partial charge in [0.2, 0.25) is 5.71 Å². The minimum Gasteiger partial charge on any atom is -0.456 e. The number of aromatic nitrogens is 2. The normalized spacial score (nSPS) is 12.0. The molecular weight excluding hydrogens is 320 g/mol. The van der Waals surface area contributed by atoms with Crippen LogP contribution in [0.3, 0.4) is 0 Å². The number of benzene rings is 1. The number of rotatable bonds is 6. The molecule has 0 saturated carbocycles. The highest BCUT2D eigenvalue weighted by molar-refractivity contribution is 5.75. The molecule has 0 aliphatic heterocycles. The minimum atomic E-state index is -0.542. The fourth-order valence-electron chi connectivity index (χ4n) is 2.67. The monoisotopic (exact) mass is 338 g/mol. The molecule has 0 amide bonds. The summed E-state index contributed by atoms with van der Waals surface area (Å²) in [6.45, 7) is 5.59. The molecule has 0 unspecified atom stereocenters. The zero-order chi connectivity index (χ0) is 17.8. The van der Waals surface area contributed by atoms with Crippen molar-refractivity contribution in [1.29, 1.82) is 0 Å². The topological polar surface area (TPSA) is 85.2 Å². The Morgan fingerprint density at radius 2 is 2.08 bits per heavy atom. The Balaban J connectivity index is 2.05. The van der Waals surface area contributed by atoms with Crippen molar-refractivity contribution in [3.63, 3.8) is 0 Å². The Hall–Kier alpha value is -3.15. The molecule has 25 heavy (non-hydrogen) atoms. The summed E-state index contributed by atoms with van der Waals surface area (Å²) in [5.41, 5.74) is 0.560. The summed E-state index contributed by atoms with van der Waals surface area (Å²) >= 11 is 0. The lowest BCUT2D eigenvalue weighted by molar-refractivity contribution is 0.190. The Bertz CT molecular complexity index is 1010. The first-order valence-electron chi connectivity index (χ1n) is 8.02. The van der Waals surface area contributed by atoms with Gasteiger partial charge in [0.1, 0.15) is 11.5 Å². The maximum Gasteiger partial charge on any atom is 0.337 e. The summed E-state index contributed by atoms with van der Waals surface area (Å²) < 4.78 is 10.9. The second-order valence-corrected chi connectivity index (χ2v) is 5.54. The number of nitrogens with zero attached hydrogens (tertiary/aromatic N) is 1. The molecular formula is C19H18N2O4. The van der Waals surface area contributed by atoms with Crippen LogP contribution < -0.4 is 15.9 Å². The number of hydrogen-bond donors (Lipinski definition) is 1. The largest absolute Gasteiger partial charge is 0.456 e. The van der Waals surface area contributed by atoms with Crippen LogP contribution in [0.2, 0.25) is 0 Å². The van der Waals surface area contributed by atoms with Gasteiger partial charge in [-0.15, -0.1) is 6.58 Å². The van der Waals surface area contributed by atoms with Crippen LogP contribution in [0.1, 0.15) is 30.6 Å². The zero-order valence-corrected chi connectivity index (χ0v) is 13.8. The van der Waals surface area contributed by atoms with E-state index in [1.165, 1.54) is 6.07 Å². The predicted octanol–water partition coefficient (Wildman–Crippen LogP) is 3.13. The smallest absolute Gasteiger partial charge is 0.337 e. The molecule has 0 radical (unpaired) electrons. The molecule has 0 saturated heterocycles. The lowest BCUT2D eigenvalue weighted by Gasteiger charge is -2.17. The van der Waals surface area contributed by atoms with Crippen molar-refractivity contribution in [3.8, 4) is 6.01 Å². The summed E-state index contributed by atoms with van der Waals surface area (Å²) in [5.74, 6) is 0. The van der Waals surface area contributed by atoms with Crippen molar-refractivity contribution in [2.75, 3.05) is 0 Å². The second-order valence-electron chi connectivity index (χ2n) is 5.54. The van der Waals surface area contributed by atoms with Gasteiger partial charge >= 0.3 is 5.63 Å². The quantitative estimate of drug-likeness (QED) is 0.698. The summed E-state index contributed by atoms with van der Waals surface area (Å²) in [6, 6.07) is 10.9. The van der Waals surface area contributed by atoms with E-state index in [0.717, 1.165) is 5.56 Å². The van der Waals surface area contributed by atoms with Gasteiger partial charge in [-0.3, -0.25) is 9.78 Å². The van der Waals surface area contributed by atoms with Gasteiger partial charge in [0, 0.05) is 12.5 Å². The summed E-state index contributed by atoms with van der Waals surface area (Å²) in [6.07, 6.45) is 2.42. The highest BCUT2D eigenvalue weighted by atomic mass is 16.5.